The standard InChI is InChI=1S/C15H19N5O3/c1-9(2)13(15(22)23)16-12(21)8-20-18-14(17-19-20)11-6-4-10(3)5-7-11/h4-7,9,13H,8H2,1-3H3,(H,16,21)(H,22,23). The molecular weight excluding hydrogens is 298 g/mol. The second-order valence-corrected chi connectivity index (χ2v) is 5.64. The zero-order valence-electron chi connectivity index (χ0n) is 13.2. The van der Waals surface area contributed by atoms with Crippen molar-refractivity contribution in [3.63, 3.8) is 0 Å². The molecular formula is C15H19N5O3. The zero-order valence-corrected chi connectivity index (χ0v) is 13.2. The summed E-state index contributed by atoms with van der Waals surface area (Å²) in [5, 5.41) is 23.4. The third-order valence-corrected chi connectivity index (χ3v) is 3.30. The Bertz CT molecular complexity index is 693. The van der Waals surface area contributed by atoms with Gasteiger partial charge in [0, 0.05) is 5.56 Å². The van der Waals surface area contributed by atoms with Gasteiger partial charge in [-0.1, -0.05) is 43.7 Å². The van der Waals surface area contributed by atoms with E-state index in [-0.39, 0.29) is 12.5 Å². The Morgan fingerprint density at radius 3 is 2.48 bits per heavy atom. The number of carbonyl (C=O) groups is 2. The number of carbonyl (C=O) groups excluding carboxylic acids is 1. The van der Waals surface area contributed by atoms with Crippen LogP contribution in [0.3, 0.4) is 0 Å². The van der Waals surface area contributed by atoms with Crippen LogP contribution in [-0.2, 0) is 16.1 Å². The number of nitrogens with one attached hydrogen (secondary N) is 1. The van der Waals surface area contributed by atoms with E-state index in [2.05, 4.69) is 20.7 Å². The molecule has 1 heterocycles. The van der Waals surface area contributed by atoms with E-state index >= 15 is 0 Å². The number of benzene rings is 1. The molecule has 0 aliphatic heterocycles. The summed E-state index contributed by atoms with van der Waals surface area (Å²) < 4.78 is 0. The highest BCUT2D eigenvalue weighted by atomic mass is 16.4. The van der Waals surface area contributed by atoms with Crippen LogP contribution in [0, 0.1) is 12.8 Å². The molecule has 1 amide bonds. The zero-order chi connectivity index (χ0) is 17.0. The van der Waals surface area contributed by atoms with E-state index in [1.807, 2.05) is 31.2 Å². The number of aromatic nitrogens is 4. The number of nitrogens with zero attached hydrogens (tertiary/aromatic N) is 4. The summed E-state index contributed by atoms with van der Waals surface area (Å²) in [4.78, 5) is 24.1. The van der Waals surface area contributed by atoms with Crippen molar-refractivity contribution in [2.24, 2.45) is 5.92 Å². The number of amides is 1. The van der Waals surface area contributed by atoms with Crippen LogP contribution in [0.25, 0.3) is 11.4 Å². The summed E-state index contributed by atoms with van der Waals surface area (Å²) in [6, 6.07) is 6.67. The van der Waals surface area contributed by atoms with Gasteiger partial charge in [0.05, 0.1) is 0 Å². The number of hydrogen-bond donors (Lipinski definition) is 2. The largest absolute Gasteiger partial charge is 0.480 e. The number of aryl methyl sites for hydroxylation is 1. The van der Waals surface area contributed by atoms with Crippen molar-refractivity contribution in [3.05, 3.63) is 29.8 Å². The van der Waals surface area contributed by atoms with Crippen LogP contribution >= 0.6 is 0 Å². The smallest absolute Gasteiger partial charge is 0.326 e. The monoisotopic (exact) mass is 317 g/mol. The minimum Gasteiger partial charge on any atom is -0.480 e. The number of aliphatic carboxylic acids is 1. The van der Waals surface area contributed by atoms with Crippen LogP contribution in [0.5, 0.6) is 0 Å². The van der Waals surface area contributed by atoms with Gasteiger partial charge in [-0.25, -0.2) is 4.79 Å². The number of carboxylic acid groups (broad SMARTS) is 1. The molecule has 122 valence electrons. The second-order valence-electron chi connectivity index (χ2n) is 5.64. The third-order valence-electron chi connectivity index (χ3n) is 3.30. The van der Waals surface area contributed by atoms with Crippen molar-refractivity contribution < 1.29 is 14.7 Å². The Labute approximate surface area is 133 Å². The first-order chi connectivity index (χ1) is 10.9. The van der Waals surface area contributed by atoms with Gasteiger partial charge in [0.1, 0.15) is 12.6 Å². The van der Waals surface area contributed by atoms with Gasteiger partial charge < -0.3 is 10.4 Å². The lowest BCUT2D eigenvalue weighted by Crippen LogP contribution is -2.45. The fraction of sp³-hybridized carbons (Fsp3) is 0.400. The molecule has 0 radical (unpaired) electrons. The molecule has 0 saturated heterocycles. The number of tetrazole rings is 1. The van der Waals surface area contributed by atoms with Gasteiger partial charge in [0.25, 0.3) is 0 Å². The van der Waals surface area contributed by atoms with Crippen LogP contribution < -0.4 is 5.32 Å². The fourth-order valence-electron chi connectivity index (χ4n) is 1.99. The van der Waals surface area contributed by atoms with E-state index in [0.717, 1.165) is 15.9 Å². The highest BCUT2D eigenvalue weighted by Gasteiger charge is 2.23. The van der Waals surface area contributed by atoms with Crippen molar-refractivity contribution in [3.8, 4) is 11.4 Å². The first-order valence-corrected chi connectivity index (χ1v) is 7.24. The van der Waals surface area contributed by atoms with E-state index < -0.39 is 17.9 Å². The maximum atomic E-state index is 11.9. The third kappa shape index (κ3) is 4.35. The summed E-state index contributed by atoms with van der Waals surface area (Å²) in [6.45, 7) is 5.24. The van der Waals surface area contributed by atoms with E-state index in [1.165, 1.54) is 0 Å². The molecule has 0 aliphatic rings. The SMILES string of the molecule is Cc1ccc(-c2nnn(CC(=O)NC(C(=O)O)C(C)C)n2)cc1. The molecule has 23 heavy (non-hydrogen) atoms. The van der Waals surface area contributed by atoms with E-state index in [9.17, 15) is 9.59 Å². The number of carboxylic acids is 1. The number of rotatable bonds is 6. The van der Waals surface area contributed by atoms with Crippen molar-refractivity contribution in [1.82, 2.24) is 25.5 Å². The molecule has 8 heteroatoms. The van der Waals surface area contributed by atoms with Gasteiger partial charge in [0.2, 0.25) is 11.7 Å². The highest BCUT2D eigenvalue weighted by Crippen LogP contribution is 2.13. The van der Waals surface area contributed by atoms with Gasteiger partial charge in [-0.3, -0.25) is 4.79 Å². The van der Waals surface area contributed by atoms with Crippen LogP contribution in [0.15, 0.2) is 24.3 Å². The van der Waals surface area contributed by atoms with Gasteiger partial charge in [-0.15, -0.1) is 10.2 Å². The van der Waals surface area contributed by atoms with Gasteiger partial charge in [-0.2, -0.15) is 4.80 Å². The Morgan fingerprint density at radius 1 is 1.26 bits per heavy atom. The van der Waals surface area contributed by atoms with Crippen LogP contribution in [-0.4, -0.2) is 43.2 Å². The molecule has 2 rings (SSSR count). The Morgan fingerprint density at radius 2 is 1.91 bits per heavy atom. The Hall–Kier alpha value is -2.77. The van der Waals surface area contributed by atoms with Crippen LogP contribution in [0.1, 0.15) is 19.4 Å². The molecule has 0 fully saturated rings. The average Bonchev–Trinajstić information content (AvgIpc) is 2.93. The fourth-order valence-corrected chi connectivity index (χ4v) is 1.99. The first-order valence-electron chi connectivity index (χ1n) is 7.24. The molecule has 1 aromatic heterocycles. The molecule has 2 N–H and O–H groups in total. The van der Waals surface area contributed by atoms with Crippen molar-refractivity contribution in [1.29, 1.82) is 0 Å². The molecule has 0 bridgehead atoms. The van der Waals surface area contributed by atoms with Gasteiger partial charge in [-0.05, 0) is 18.1 Å². The minimum atomic E-state index is -1.07. The molecule has 0 saturated carbocycles. The van der Waals surface area contributed by atoms with Crippen LogP contribution in [0.4, 0.5) is 0 Å². The molecule has 2 aromatic rings. The van der Waals surface area contributed by atoms with Crippen molar-refractivity contribution in [2.45, 2.75) is 33.4 Å². The minimum absolute atomic E-state index is 0.185. The highest BCUT2D eigenvalue weighted by molar-refractivity contribution is 5.83. The summed E-state index contributed by atoms with van der Waals surface area (Å²) in [5.41, 5.74) is 1.92. The lowest BCUT2D eigenvalue weighted by atomic mass is 10.1. The predicted octanol–water partition coefficient (Wildman–Crippen LogP) is 0.874. The quantitative estimate of drug-likeness (QED) is 0.818. The topological polar surface area (TPSA) is 110 Å². The van der Waals surface area contributed by atoms with Crippen molar-refractivity contribution >= 4 is 11.9 Å². The second kappa shape index (κ2) is 6.99. The normalized spacial score (nSPS) is 12.2. The number of hydrogen-bond acceptors (Lipinski definition) is 5. The summed E-state index contributed by atoms with van der Waals surface area (Å²) in [5.74, 6) is -1.35. The lowest BCUT2D eigenvalue weighted by Gasteiger charge is -2.17. The maximum Gasteiger partial charge on any atom is 0.326 e. The van der Waals surface area contributed by atoms with Crippen LogP contribution in [0.2, 0.25) is 0 Å². The molecule has 1 unspecified atom stereocenters. The van der Waals surface area contributed by atoms with E-state index in [1.54, 1.807) is 13.8 Å². The maximum absolute atomic E-state index is 11.9. The lowest BCUT2D eigenvalue weighted by molar-refractivity contribution is -0.143. The molecule has 8 nitrogen and oxygen atoms in total. The van der Waals surface area contributed by atoms with Gasteiger partial charge >= 0.3 is 5.97 Å². The predicted molar refractivity (Wildman–Crippen MR) is 82.4 cm³/mol. The summed E-state index contributed by atoms with van der Waals surface area (Å²) in [6.07, 6.45) is 0. The molecule has 1 aromatic carbocycles. The Balaban J connectivity index is 2.02. The average molecular weight is 317 g/mol. The summed E-state index contributed by atoms with van der Waals surface area (Å²) >= 11 is 0. The van der Waals surface area contributed by atoms with Crippen molar-refractivity contribution in [2.75, 3.05) is 0 Å². The summed E-state index contributed by atoms with van der Waals surface area (Å²) in [7, 11) is 0. The van der Waals surface area contributed by atoms with E-state index in [4.69, 9.17) is 5.11 Å². The molecule has 1 atom stereocenters. The van der Waals surface area contributed by atoms with E-state index in [0.29, 0.717) is 5.82 Å². The molecule has 0 spiro atoms. The Kier molecular flexibility index (Phi) is 5.05. The first kappa shape index (κ1) is 16.6. The van der Waals surface area contributed by atoms with Gasteiger partial charge in [0.15, 0.2) is 0 Å². The molecule has 0 aliphatic carbocycles.